The van der Waals surface area contributed by atoms with E-state index in [0.717, 1.165) is 34.5 Å². The van der Waals surface area contributed by atoms with Gasteiger partial charge in [-0.2, -0.15) is 5.10 Å². The second-order valence-electron chi connectivity index (χ2n) is 7.46. The summed E-state index contributed by atoms with van der Waals surface area (Å²) < 4.78 is 1.86. The predicted molar refractivity (Wildman–Crippen MR) is 128 cm³/mol. The molecule has 3 aromatic rings. The lowest BCUT2D eigenvalue weighted by molar-refractivity contribution is -0.384. The van der Waals surface area contributed by atoms with Crippen LogP contribution in [0.1, 0.15) is 37.7 Å². The molecule has 0 bridgehead atoms. The molecule has 1 heterocycles. The molecule has 1 aliphatic rings. The van der Waals surface area contributed by atoms with Crippen LogP contribution in [-0.4, -0.2) is 28.1 Å². The predicted octanol–water partition coefficient (Wildman–Crippen LogP) is 5.96. The molecule has 2 aromatic carbocycles. The third-order valence-corrected chi connectivity index (χ3v) is 6.94. The van der Waals surface area contributed by atoms with Gasteiger partial charge < -0.3 is 0 Å². The second kappa shape index (κ2) is 10.1. The molecule has 4 rings (SSSR count). The third-order valence-electron chi connectivity index (χ3n) is 5.37. The molecule has 0 saturated heterocycles. The average Bonchev–Trinajstić information content (AvgIpc) is 3.21. The number of nitro groups is 1. The maximum absolute atomic E-state index is 11.0. The highest BCUT2D eigenvalue weighted by atomic mass is 32.2. The number of thiazole rings is 1. The molecule has 0 aliphatic heterocycles. The summed E-state index contributed by atoms with van der Waals surface area (Å²) >= 11 is 3.27. The Morgan fingerprint density at radius 3 is 2.45 bits per heavy atom. The zero-order chi connectivity index (χ0) is 21.6. The molecule has 1 saturated carbocycles. The van der Waals surface area contributed by atoms with Crippen LogP contribution in [-0.2, 0) is 0 Å². The monoisotopic (exact) mass is 452 g/mol. The molecule has 160 valence electrons. The summed E-state index contributed by atoms with van der Waals surface area (Å²) in [5, 5.41) is 17.8. The molecular formula is C23H24N4O2S2. The summed E-state index contributed by atoms with van der Waals surface area (Å²) in [7, 11) is 0. The Bertz CT molecular complexity index is 1130. The summed E-state index contributed by atoms with van der Waals surface area (Å²) in [6.45, 7) is 0. The first-order valence-electron chi connectivity index (χ1n) is 10.3. The maximum Gasteiger partial charge on any atom is 0.269 e. The fourth-order valence-electron chi connectivity index (χ4n) is 3.63. The first-order chi connectivity index (χ1) is 15.1. The van der Waals surface area contributed by atoms with E-state index in [1.165, 1.54) is 36.3 Å². The molecule has 6 nitrogen and oxygen atoms in total. The van der Waals surface area contributed by atoms with E-state index in [4.69, 9.17) is 10.1 Å². The van der Waals surface area contributed by atoms with Gasteiger partial charge in [0, 0.05) is 28.0 Å². The molecule has 1 aromatic heterocycles. The molecule has 0 N–H and O–H groups in total. The quantitative estimate of drug-likeness (QED) is 0.200. The van der Waals surface area contributed by atoms with Crippen molar-refractivity contribution in [3.8, 4) is 11.3 Å². The van der Waals surface area contributed by atoms with Gasteiger partial charge in [0.05, 0.1) is 22.9 Å². The molecule has 1 fully saturated rings. The first kappa shape index (κ1) is 21.5. The molecule has 31 heavy (non-hydrogen) atoms. The van der Waals surface area contributed by atoms with Crippen LogP contribution >= 0.6 is 23.1 Å². The zero-order valence-corrected chi connectivity index (χ0v) is 18.9. The largest absolute Gasteiger partial charge is 0.269 e. The summed E-state index contributed by atoms with van der Waals surface area (Å²) in [5.41, 5.74) is 2.85. The Hall–Kier alpha value is -2.71. The van der Waals surface area contributed by atoms with Gasteiger partial charge in [0.15, 0.2) is 0 Å². The number of aromatic nitrogens is 1. The lowest BCUT2D eigenvalue weighted by atomic mass is 9.96. The van der Waals surface area contributed by atoms with E-state index in [9.17, 15) is 10.1 Å². The van der Waals surface area contributed by atoms with E-state index in [-0.39, 0.29) is 10.6 Å². The number of non-ortho nitro benzene ring substituents is 1. The van der Waals surface area contributed by atoms with Crippen molar-refractivity contribution in [1.82, 2.24) is 4.68 Å². The van der Waals surface area contributed by atoms with Crippen molar-refractivity contribution in [3.63, 3.8) is 0 Å². The highest BCUT2D eigenvalue weighted by molar-refractivity contribution is 7.98. The summed E-state index contributed by atoms with van der Waals surface area (Å²) in [6.07, 6.45) is 9.86. The Morgan fingerprint density at radius 1 is 1.10 bits per heavy atom. The van der Waals surface area contributed by atoms with Crippen molar-refractivity contribution in [2.75, 3.05) is 6.26 Å². The first-order valence-corrected chi connectivity index (χ1v) is 12.4. The Kier molecular flexibility index (Phi) is 6.99. The number of benzene rings is 2. The Labute approximate surface area is 189 Å². The fraction of sp³-hybridized carbons (Fsp3) is 0.304. The Balaban J connectivity index is 1.72. The van der Waals surface area contributed by atoms with E-state index < -0.39 is 0 Å². The van der Waals surface area contributed by atoms with Gasteiger partial charge in [0.25, 0.3) is 5.69 Å². The number of thioether (sulfide) groups is 1. The van der Waals surface area contributed by atoms with Crippen LogP contribution < -0.4 is 4.80 Å². The summed E-state index contributed by atoms with van der Waals surface area (Å²) in [4.78, 5) is 17.7. The zero-order valence-electron chi connectivity index (χ0n) is 17.3. The van der Waals surface area contributed by atoms with Crippen molar-refractivity contribution in [2.45, 2.75) is 43.0 Å². The van der Waals surface area contributed by atoms with Crippen LogP contribution in [0.5, 0.6) is 0 Å². The van der Waals surface area contributed by atoms with Gasteiger partial charge in [-0.1, -0.05) is 31.4 Å². The van der Waals surface area contributed by atoms with Crippen LogP contribution in [0.25, 0.3) is 11.3 Å². The molecule has 1 aliphatic carbocycles. The minimum absolute atomic E-state index is 0.0787. The molecule has 0 unspecified atom stereocenters. The van der Waals surface area contributed by atoms with Crippen molar-refractivity contribution in [2.24, 2.45) is 10.1 Å². The molecule has 0 atom stereocenters. The Morgan fingerprint density at radius 2 is 1.81 bits per heavy atom. The third kappa shape index (κ3) is 5.32. The second-order valence-corrected chi connectivity index (χ2v) is 9.17. The van der Waals surface area contributed by atoms with Gasteiger partial charge in [-0.15, -0.1) is 23.1 Å². The standard InChI is InChI=1S/C23H24N4O2S2/c1-30-21-13-7-17(8-14-21)15-24-26-22(18-9-11-20(12-10-18)27(28)29)16-31-23(26)25-19-5-3-2-4-6-19/h7-16,19H,2-6H2,1H3/b24-15+,25-23?. The van der Waals surface area contributed by atoms with Gasteiger partial charge >= 0.3 is 0 Å². The van der Waals surface area contributed by atoms with Gasteiger partial charge in [-0.05, 0) is 48.9 Å². The fourth-order valence-corrected chi connectivity index (χ4v) is 4.95. The van der Waals surface area contributed by atoms with Crippen LogP contribution in [0.15, 0.2) is 68.9 Å². The number of nitrogens with zero attached hydrogens (tertiary/aromatic N) is 4. The van der Waals surface area contributed by atoms with Crippen molar-refractivity contribution in [1.29, 1.82) is 0 Å². The molecule has 0 spiro atoms. The van der Waals surface area contributed by atoms with Gasteiger partial charge in [-0.25, -0.2) is 4.68 Å². The maximum atomic E-state index is 11.0. The number of rotatable bonds is 6. The average molecular weight is 453 g/mol. The normalized spacial score (nSPS) is 15.6. The van der Waals surface area contributed by atoms with E-state index in [2.05, 4.69) is 18.4 Å². The van der Waals surface area contributed by atoms with Crippen LogP contribution in [0.2, 0.25) is 0 Å². The van der Waals surface area contributed by atoms with E-state index in [1.54, 1.807) is 35.2 Å². The number of hydrogen-bond acceptors (Lipinski definition) is 6. The van der Waals surface area contributed by atoms with E-state index in [0.29, 0.717) is 6.04 Å². The molecular weight excluding hydrogens is 428 g/mol. The lowest BCUT2D eigenvalue weighted by Crippen LogP contribution is -2.19. The minimum atomic E-state index is -0.383. The van der Waals surface area contributed by atoms with Crippen LogP contribution in [0.4, 0.5) is 5.69 Å². The molecule has 0 amide bonds. The highest BCUT2D eigenvalue weighted by Crippen LogP contribution is 2.24. The SMILES string of the molecule is CSc1ccc(/C=N/n2c(-c3ccc([N+](=O)[O-])cc3)csc2=NC2CCCCC2)cc1. The highest BCUT2D eigenvalue weighted by Gasteiger charge is 2.14. The summed E-state index contributed by atoms with van der Waals surface area (Å²) in [5.74, 6) is 0. The van der Waals surface area contributed by atoms with Gasteiger partial charge in [0.2, 0.25) is 4.80 Å². The van der Waals surface area contributed by atoms with Crippen molar-refractivity contribution < 1.29 is 4.92 Å². The topological polar surface area (TPSA) is 72.8 Å². The van der Waals surface area contributed by atoms with Crippen LogP contribution in [0.3, 0.4) is 0 Å². The minimum Gasteiger partial charge on any atom is -0.258 e. The van der Waals surface area contributed by atoms with E-state index in [1.807, 2.05) is 28.4 Å². The molecule has 0 radical (unpaired) electrons. The van der Waals surface area contributed by atoms with E-state index >= 15 is 0 Å². The van der Waals surface area contributed by atoms with Crippen LogP contribution in [0, 0.1) is 10.1 Å². The van der Waals surface area contributed by atoms with Crippen molar-refractivity contribution in [3.05, 3.63) is 74.4 Å². The summed E-state index contributed by atoms with van der Waals surface area (Å²) in [6, 6.07) is 15.2. The number of nitro benzene ring substituents is 1. The van der Waals surface area contributed by atoms with Gasteiger partial charge in [0.1, 0.15) is 0 Å². The van der Waals surface area contributed by atoms with Crippen molar-refractivity contribution >= 4 is 35.0 Å². The van der Waals surface area contributed by atoms with Gasteiger partial charge in [-0.3, -0.25) is 15.1 Å². The molecule has 8 heteroatoms. The number of hydrogen-bond donors (Lipinski definition) is 0. The smallest absolute Gasteiger partial charge is 0.258 e. The lowest BCUT2D eigenvalue weighted by Gasteiger charge is -2.16.